The molecule has 0 radical (unpaired) electrons. The maximum atomic E-state index is 6.65. The van der Waals surface area contributed by atoms with Gasteiger partial charge < -0.3 is 16.4 Å². The van der Waals surface area contributed by atoms with Gasteiger partial charge in [-0.25, -0.2) is 4.98 Å². The van der Waals surface area contributed by atoms with Crippen LogP contribution in [0.4, 0.5) is 11.5 Å². The Bertz CT molecular complexity index is 884. The van der Waals surface area contributed by atoms with E-state index in [1.165, 1.54) is 0 Å². The van der Waals surface area contributed by atoms with E-state index < -0.39 is 5.54 Å². The van der Waals surface area contributed by atoms with Crippen LogP contribution in [0.25, 0.3) is 11.1 Å². The molecule has 1 aliphatic rings. The number of nitrogens with zero attached hydrogens (tertiary/aromatic N) is 3. The molecule has 128 valence electrons. The van der Waals surface area contributed by atoms with Crippen LogP contribution in [0, 0.1) is 0 Å². The summed E-state index contributed by atoms with van der Waals surface area (Å²) in [6, 6.07) is 12.3. The van der Waals surface area contributed by atoms with E-state index in [9.17, 15) is 0 Å². The highest BCUT2D eigenvalue weighted by Gasteiger charge is 2.34. The highest BCUT2D eigenvalue weighted by atomic mass is 15.2. The quantitative estimate of drug-likeness (QED) is 0.686. The second-order valence-corrected chi connectivity index (χ2v) is 6.75. The molecule has 4 N–H and O–H groups in total. The van der Waals surface area contributed by atoms with Crippen LogP contribution in [-0.2, 0) is 12.6 Å². The van der Waals surface area contributed by atoms with Crippen molar-refractivity contribution in [3.05, 3.63) is 60.6 Å². The Morgan fingerprint density at radius 1 is 1.20 bits per heavy atom. The minimum Gasteiger partial charge on any atom is -0.380 e. The smallest absolute Gasteiger partial charge is 0.149 e. The van der Waals surface area contributed by atoms with Gasteiger partial charge in [0.2, 0.25) is 0 Å². The maximum Gasteiger partial charge on any atom is 0.149 e. The predicted molar refractivity (Wildman–Crippen MR) is 100 cm³/mol. The summed E-state index contributed by atoms with van der Waals surface area (Å²) in [6.45, 7) is 2.78. The molecule has 0 amide bonds. The van der Waals surface area contributed by atoms with Crippen molar-refractivity contribution in [2.45, 2.75) is 18.5 Å². The standard InChI is InChI=1S/C19H22N6/c1-19(20,15-6-4-3-5-7-15)17-11-21-16-8-13(9-22-18(16)24-17)14-10-23-25(2)12-14/h3-10,12,17,21H,11,20H2,1-2H3,(H,22,24)/t17-,19-/m1/s1. The van der Waals surface area contributed by atoms with E-state index in [2.05, 4.69) is 45.8 Å². The van der Waals surface area contributed by atoms with Gasteiger partial charge in [0.1, 0.15) is 5.82 Å². The second kappa shape index (κ2) is 5.89. The first-order valence-electron chi connectivity index (χ1n) is 8.38. The van der Waals surface area contributed by atoms with Crippen molar-refractivity contribution in [3.63, 3.8) is 0 Å². The summed E-state index contributed by atoms with van der Waals surface area (Å²) in [5.41, 5.74) is 10.3. The first-order chi connectivity index (χ1) is 12.0. The third kappa shape index (κ3) is 2.85. The van der Waals surface area contributed by atoms with E-state index in [0.29, 0.717) is 0 Å². The molecule has 1 aliphatic heterocycles. The van der Waals surface area contributed by atoms with Gasteiger partial charge in [-0.2, -0.15) is 5.10 Å². The number of aromatic nitrogens is 3. The van der Waals surface area contributed by atoms with Crippen molar-refractivity contribution in [1.82, 2.24) is 14.8 Å². The average Bonchev–Trinajstić information content (AvgIpc) is 3.08. The first-order valence-corrected chi connectivity index (χ1v) is 8.38. The van der Waals surface area contributed by atoms with Gasteiger partial charge in [0.05, 0.1) is 23.5 Å². The lowest BCUT2D eigenvalue weighted by molar-refractivity contribution is 0.417. The van der Waals surface area contributed by atoms with Gasteiger partial charge in [-0.1, -0.05) is 30.3 Å². The van der Waals surface area contributed by atoms with Gasteiger partial charge in [-0.15, -0.1) is 0 Å². The molecule has 0 fully saturated rings. The molecule has 3 aromatic rings. The van der Waals surface area contributed by atoms with Crippen molar-refractivity contribution in [2.24, 2.45) is 12.8 Å². The van der Waals surface area contributed by atoms with E-state index in [-0.39, 0.29) is 6.04 Å². The lowest BCUT2D eigenvalue weighted by Gasteiger charge is -2.39. The SMILES string of the molecule is Cn1cc(-c2cnc3c(c2)NC[C@H]([C@](C)(N)c2ccccc2)N3)cn1. The molecule has 0 aliphatic carbocycles. The molecule has 3 heterocycles. The Labute approximate surface area is 147 Å². The topological polar surface area (TPSA) is 80.8 Å². The van der Waals surface area contributed by atoms with Crippen LogP contribution in [-0.4, -0.2) is 27.4 Å². The van der Waals surface area contributed by atoms with Gasteiger partial charge in [0, 0.05) is 37.1 Å². The first kappa shape index (κ1) is 15.7. The number of pyridine rings is 1. The lowest BCUT2D eigenvalue weighted by atomic mass is 9.84. The van der Waals surface area contributed by atoms with Gasteiger partial charge in [0.15, 0.2) is 0 Å². The summed E-state index contributed by atoms with van der Waals surface area (Å²) in [4.78, 5) is 4.60. The molecule has 0 unspecified atom stereocenters. The molecular formula is C19H22N6. The number of nitrogens with two attached hydrogens (primary N) is 1. The molecule has 2 atom stereocenters. The number of nitrogens with one attached hydrogen (secondary N) is 2. The molecule has 0 bridgehead atoms. The van der Waals surface area contributed by atoms with Crippen molar-refractivity contribution in [2.75, 3.05) is 17.2 Å². The number of rotatable bonds is 3. The molecule has 0 saturated heterocycles. The average molecular weight is 334 g/mol. The zero-order valence-electron chi connectivity index (χ0n) is 14.4. The molecule has 2 aromatic heterocycles. The van der Waals surface area contributed by atoms with Crippen molar-refractivity contribution < 1.29 is 0 Å². The Kier molecular flexibility index (Phi) is 3.69. The number of fused-ring (bicyclic) bond motifs is 1. The van der Waals surface area contributed by atoms with Gasteiger partial charge >= 0.3 is 0 Å². The molecular weight excluding hydrogens is 312 g/mol. The van der Waals surface area contributed by atoms with Crippen LogP contribution in [0.5, 0.6) is 0 Å². The third-order valence-corrected chi connectivity index (χ3v) is 4.85. The monoisotopic (exact) mass is 334 g/mol. The van der Waals surface area contributed by atoms with Crippen LogP contribution in [0.15, 0.2) is 55.0 Å². The highest BCUT2D eigenvalue weighted by Crippen LogP contribution is 2.33. The molecule has 6 heteroatoms. The Morgan fingerprint density at radius 2 is 2.00 bits per heavy atom. The normalized spacial score (nSPS) is 18.6. The molecule has 0 saturated carbocycles. The second-order valence-electron chi connectivity index (χ2n) is 6.75. The van der Waals surface area contributed by atoms with Crippen LogP contribution in [0.2, 0.25) is 0 Å². The van der Waals surface area contributed by atoms with Gasteiger partial charge in [-0.3, -0.25) is 4.68 Å². The predicted octanol–water partition coefficient (Wildman–Crippen LogP) is 2.56. The van der Waals surface area contributed by atoms with Gasteiger partial charge in [-0.05, 0) is 18.6 Å². The minimum atomic E-state index is -0.504. The van der Waals surface area contributed by atoms with Crippen LogP contribution in [0.3, 0.4) is 0 Å². The minimum absolute atomic E-state index is 0.0409. The summed E-state index contributed by atoms with van der Waals surface area (Å²) in [5, 5.41) is 11.2. The Morgan fingerprint density at radius 3 is 2.72 bits per heavy atom. The summed E-state index contributed by atoms with van der Waals surface area (Å²) in [7, 11) is 1.91. The number of aryl methyl sites for hydroxylation is 1. The number of anilines is 2. The number of benzene rings is 1. The van der Waals surface area contributed by atoms with Crippen molar-refractivity contribution >= 4 is 11.5 Å². The summed E-state index contributed by atoms with van der Waals surface area (Å²) in [6.07, 6.45) is 5.69. The largest absolute Gasteiger partial charge is 0.380 e. The zero-order valence-corrected chi connectivity index (χ0v) is 14.4. The Balaban J connectivity index is 1.60. The van der Waals surface area contributed by atoms with E-state index in [4.69, 9.17) is 5.73 Å². The highest BCUT2D eigenvalue weighted by molar-refractivity contribution is 5.75. The van der Waals surface area contributed by atoms with Gasteiger partial charge in [0.25, 0.3) is 0 Å². The Hall–Kier alpha value is -2.86. The van der Waals surface area contributed by atoms with Crippen LogP contribution >= 0.6 is 0 Å². The molecule has 0 spiro atoms. The summed E-state index contributed by atoms with van der Waals surface area (Å²) >= 11 is 0. The maximum absolute atomic E-state index is 6.65. The van der Waals surface area contributed by atoms with Crippen LogP contribution in [0.1, 0.15) is 12.5 Å². The summed E-state index contributed by atoms with van der Waals surface area (Å²) < 4.78 is 1.79. The van der Waals surface area contributed by atoms with E-state index in [0.717, 1.165) is 34.7 Å². The van der Waals surface area contributed by atoms with Crippen molar-refractivity contribution in [3.8, 4) is 11.1 Å². The summed E-state index contributed by atoms with van der Waals surface area (Å²) in [5.74, 6) is 0.830. The van der Waals surface area contributed by atoms with E-state index in [1.54, 1.807) is 4.68 Å². The van der Waals surface area contributed by atoms with Crippen LogP contribution < -0.4 is 16.4 Å². The molecule has 25 heavy (non-hydrogen) atoms. The third-order valence-electron chi connectivity index (χ3n) is 4.85. The van der Waals surface area contributed by atoms with Crippen molar-refractivity contribution in [1.29, 1.82) is 0 Å². The number of hydrogen-bond donors (Lipinski definition) is 3. The molecule has 1 aromatic carbocycles. The zero-order chi connectivity index (χ0) is 17.4. The molecule has 4 rings (SSSR count). The fraction of sp³-hybridized carbons (Fsp3) is 0.263. The van der Waals surface area contributed by atoms with E-state index in [1.807, 2.05) is 43.8 Å². The fourth-order valence-electron chi connectivity index (χ4n) is 3.23. The lowest BCUT2D eigenvalue weighted by Crippen LogP contribution is -2.54. The molecule has 6 nitrogen and oxygen atoms in total. The number of hydrogen-bond acceptors (Lipinski definition) is 5. The fourth-order valence-corrected chi connectivity index (χ4v) is 3.23. The van der Waals surface area contributed by atoms with E-state index >= 15 is 0 Å².